The lowest BCUT2D eigenvalue weighted by Crippen LogP contribution is -2.34. The van der Waals surface area contributed by atoms with Crippen molar-refractivity contribution in [2.75, 3.05) is 24.5 Å². The number of anilines is 1. The van der Waals surface area contributed by atoms with Gasteiger partial charge in [-0.1, -0.05) is 13.8 Å². The smallest absolute Gasteiger partial charge is 0.123 e. The fourth-order valence-electron chi connectivity index (χ4n) is 2.88. The third kappa shape index (κ3) is 3.72. The van der Waals surface area contributed by atoms with Crippen LogP contribution in [-0.2, 0) is 0 Å². The summed E-state index contributed by atoms with van der Waals surface area (Å²) < 4.78 is 13.6. The summed E-state index contributed by atoms with van der Waals surface area (Å²) in [6.45, 7) is 9.72. The number of halogens is 1. The lowest BCUT2D eigenvalue weighted by atomic mass is 9.97. The highest BCUT2D eigenvalue weighted by atomic mass is 19.1. The van der Waals surface area contributed by atoms with E-state index in [0.717, 1.165) is 37.5 Å². The first-order valence-corrected chi connectivity index (χ1v) is 7.89. The minimum atomic E-state index is -0.140. The first-order chi connectivity index (χ1) is 9.61. The Morgan fingerprint density at radius 3 is 2.70 bits per heavy atom. The Balaban J connectivity index is 2.19. The molecule has 1 aromatic carbocycles. The molecule has 0 spiro atoms. The topological polar surface area (TPSA) is 15.3 Å². The fraction of sp³-hybridized carbons (Fsp3) is 0.647. The van der Waals surface area contributed by atoms with Crippen LogP contribution in [0.2, 0.25) is 0 Å². The number of benzene rings is 1. The third-order valence-corrected chi connectivity index (χ3v) is 4.28. The molecular weight excluding hydrogens is 251 g/mol. The maximum absolute atomic E-state index is 13.6. The molecule has 20 heavy (non-hydrogen) atoms. The van der Waals surface area contributed by atoms with E-state index >= 15 is 0 Å². The number of nitrogens with zero attached hydrogens (tertiary/aromatic N) is 1. The second kappa shape index (κ2) is 7.07. The number of nitrogens with one attached hydrogen (secondary N) is 1. The summed E-state index contributed by atoms with van der Waals surface area (Å²) in [5.74, 6) is 0.671. The van der Waals surface area contributed by atoms with Crippen LogP contribution in [0.15, 0.2) is 18.2 Å². The van der Waals surface area contributed by atoms with Crippen molar-refractivity contribution in [3.63, 3.8) is 0 Å². The zero-order valence-electron chi connectivity index (χ0n) is 13.0. The standard InChI is InChI=1S/C17H27FN2/c1-4-9-19-14(3)16-12-15(18)5-6-17(16)20-10-7-13(2)8-11-20/h5-6,12-14,19H,4,7-11H2,1-3H3. The summed E-state index contributed by atoms with van der Waals surface area (Å²) >= 11 is 0. The summed E-state index contributed by atoms with van der Waals surface area (Å²) in [5.41, 5.74) is 2.29. The van der Waals surface area contributed by atoms with E-state index in [2.05, 4.69) is 31.0 Å². The highest BCUT2D eigenvalue weighted by Crippen LogP contribution is 2.30. The number of rotatable bonds is 5. The quantitative estimate of drug-likeness (QED) is 0.871. The Bertz CT molecular complexity index is 425. The van der Waals surface area contributed by atoms with E-state index < -0.39 is 0 Å². The second-order valence-corrected chi connectivity index (χ2v) is 6.05. The summed E-state index contributed by atoms with van der Waals surface area (Å²) in [6, 6.07) is 5.43. The van der Waals surface area contributed by atoms with Crippen molar-refractivity contribution in [1.82, 2.24) is 5.32 Å². The lowest BCUT2D eigenvalue weighted by molar-refractivity contribution is 0.436. The zero-order valence-corrected chi connectivity index (χ0v) is 13.0. The van der Waals surface area contributed by atoms with Gasteiger partial charge in [-0.2, -0.15) is 0 Å². The Labute approximate surface area is 122 Å². The van der Waals surface area contributed by atoms with Gasteiger partial charge in [-0.3, -0.25) is 0 Å². The van der Waals surface area contributed by atoms with Gasteiger partial charge in [-0.05, 0) is 62.4 Å². The maximum Gasteiger partial charge on any atom is 0.123 e. The third-order valence-electron chi connectivity index (χ3n) is 4.28. The van der Waals surface area contributed by atoms with Crippen LogP contribution >= 0.6 is 0 Å². The summed E-state index contributed by atoms with van der Waals surface area (Å²) in [4.78, 5) is 2.42. The average Bonchev–Trinajstić information content (AvgIpc) is 2.46. The molecule has 3 heteroatoms. The molecule has 1 N–H and O–H groups in total. The Hall–Kier alpha value is -1.09. The van der Waals surface area contributed by atoms with Crippen molar-refractivity contribution in [2.24, 2.45) is 5.92 Å². The predicted octanol–water partition coefficient (Wildman–Crippen LogP) is 4.12. The minimum Gasteiger partial charge on any atom is -0.371 e. The van der Waals surface area contributed by atoms with E-state index in [9.17, 15) is 4.39 Å². The van der Waals surface area contributed by atoms with E-state index in [4.69, 9.17) is 0 Å². The zero-order chi connectivity index (χ0) is 14.5. The molecule has 0 radical (unpaired) electrons. The molecule has 1 aliphatic heterocycles. The molecule has 0 saturated carbocycles. The van der Waals surface area contributed by atoms with E-state index in [1.54, 1.807) is 12.1 Å². The number of hydrogen-bond donors (Lipinski definition) is 1. The lowest BCUT2D eigenvalue weighted by Gasteiger charge is -2.34. The van der Waals surface area contributed by atoms with Gasteiger partial charge in [-0.25, -0.2) is 4.39 Å². The van der Waals surface area contributed by atoms with Crippen molar-refractivity contribution in [3.8, 4) is 0 Å². The molecule has 112 valence electrons. The highest BCUT2D eigenvalue weighted by Gasteiger charge is 2.20. The van der Waals surface area contributed by atoms with Crippen LogP contribution in [0, 0.1) is 11.7 Å². The normalized spacial score (nSPS) is 18.3. The van der Waals surface area contributed by atoms with Crippen LogP contribution in [0.1, 0.15) is 51.6 Å². The van der Waals surface area contributed by atoms with Crippen LogP contribution in [0.25, 0.3) is 0 Å². The first-order valence-electron chi connectivity index (χ1n) is 7.89. The molecule has 0 aromatic heterocycles. The van der Waals surface area contributed by atoms with E-state index in [1.807, 2.05) is 6.07 Å². The van der Waals surface area contributed by atoms with E-state index in [-0.39, 0.29) is 11.9 Å². The summed E-state index contributed by atoms with van der Waals surface area (Å²) in [6.07, 6.45) is 3.55. The Morgan fingerprint density at radius 1 is 1.35 bits per heavy atom. The molecule has 1 unspecified atom stereocenters. The Kier molecular flexibility index (Phi) is 5.41. The van der Waals surface area contributed by atoms with Crippen LogP contribution in [0.4, 0.5) is 10.1 Å². The van der Waals surface area contributed by atoms with Gasteiger partial charge in [0.05, 0.1) is 0 Å². The van der Waals surface area contributed by atoms with Crippen molar-refractivity contribution in [3.05, 3.63) is 29.6 Å². The molecule has 1 aromatic rings. The molecular formula is C17H27FN2. The van der Waals surface area contributed by atoms with Crippen LogP contribution in [0.3, 0.4) is 0 Å². The largest absolute Gasteiger partial charge is 0.371 e. The first kappa shape index (κ1) is 15.3. The van der Waals surface area contributed by atoms with Gasteiger partial charge in [0.1, 0.15) is 5.82 Å². The van der Waals surface area contributed by atoms with Crippen LogP contribution < -0.4 is 10.2 Å². The molecule has 2 nitrogen and oxygen atoms in total. The SMILES string of the molecule is CCCNC(C)c1cc(F)ccc1N1CCC(C)CC1. The molecule has 1 heterocycles. The van der Waals surface area contributed by atoms with Crippen molar-refractivity contribution >= 4 is 5.69 Å². The maximum atomic E-state index is 13.6. The fourth-order valence-corrected chi connectivity index (χ4v) is 2.88. The number of piperidine rings is 1. The highest BCUT2D eigenvalue weighted by molar-refractivity contribution is 5.55. The van der Waals surface area contributed by atoms with Gasteiger partial charge in [0.2, 0.25) is 0 Å². The molecule has 0 bridgehead atoms. The monoisotopic (exact) mass is 278 g/mol. The molecule has 2 rings (SSSR count). The van der Waals surface area contributed by atoms with Crippen molar-refractivity contribution in [2.45, 2.75) is 46.1 Å². The molecule has 0 amide bonds. The molecule has 1 saturated heterocycles. The van der Waals surface area contributed by atoms with Gasteiger partial charge in [0.25, 0.3) is 0 Å². The van der Waals surface area contributed by atoms with Gasteiger partial charge < -0.3 is 10.2 Å². The van der Waals surface area contributed by atoms with Gasteiger partial charge >= 0.3 is 0 Å². The van der Waals surface area contributed by atoms with E-state index in [1.165, 1.54) is 18.5 Å². The predicted molar refractivity (Wildman–Crippen MR) is 83.7 cm³/mol. The summed E-state index contributed by atoms with van der Waals surface area (Å²) in [7, 11) is 0. The molecule has 1 fully saturated rings. The Morgan fingerprint density at radius 2 is 2.05 bits per heavy atom. The van der Waals surface area contributed by atoms with Crippen LogP contribution in [0.5, 0.6) is 0 Å². The van der Waals surface area contributed by atoms with Crippen molar-refractivity contribution < 1.29 is 4.39 Å². The van der Waals surface area contributed by atoms with E-state index in [0.29, 0.717) is 0 Å². The summed E-state index contributed by atoms with van der Waals surface area (Å²) in [5, 5.41) is 3.47. The van der Waals surface area contributed by atoms with Gasteiger partial charge in [0.15, 0.2) is 0 Å². The number of hydrogen-bond acceptors (Lipinski definition) is 2. The molecule has 1 atom stereocenters. The van der Waals surface area contributed by atoms with Gasteiger partial charge in [-0.15, -0.1) is 0 Å². The molecule has 1 aliphatic rings. The second-order valence-electron chi connectivity index (χ2n) is 6.05. The van der Waals surface area contributed by atoms with Crippen molar-refractivity contribution in [1.29, 1.82) is 0 Å². The average molecular weight is 278 g/mol. The molecule has 0 aliphatic carbocycles. The van der Waals surface area contributed by atoms with Crippen LogP contribution in [-0.4, -0.2) is 19.6 Å². The van der Waals surface area contributed by atoms with Gasteiger partial charge in [0, 0.05) is 24.8 Å². The minimum absolute atomic E-state index is 0.140.